The highest BCUT2D eigenvalue weighted by molar-refractivity contribution is 7.86. The second kappa shape index (κ2) is 5.86. The summed E-state index contributed by atoms with van der Waals surface area (Å²) in [6.07, 6.45) is 4.91. The van der Waals surface area contributed by atoms with E-state index in [9.17, 15) is 8.42 Å². The van der Waals surface area contributed by atoms with Gasteiger partial charge in [0.1, 0.15) is 0 Å². The first-order valence-electron chi connectivity index (χ1n) is 7.06. The smallest absolute Gasteiger partial charge is 0.282 e. The Labute approximate surface area is 110 Å². The predicted octanol–water partition coefficient (Wildman–Crippen LogP) is 0.776. The van der Waals surface area contributed by atoms with Gasteiger partial charge in [0.15, 0.2) is 0 Å². The molecule has 0 aromatic heterocycles. The topological polar surface area (TPSA) is 66.6 Å². The van der Waals surface area contributed by atoms with E-state index in [1.54, 1.807) is 8.61 Å². The van der Waals surface area contributed by atoms with E-state index >= 15 is 0 Å². The minimum Gasteiger partial charge on any atom is -0.330 e. The van der Waals surface area contributed by atoms with E-state index in [4.69, 9.17) is 5.73 Å². The van der Waals surface area contributed by atoms with Gasteiger partial charge < -0.3 is 5.73 Å². The Morgan fingerprint density at radius 2 is 2.06 bits per heavy atom. The Morgan fingerprint density at radius 1 is 1.33 bits per heavy atom. The number of nitrogens with two attached hydrogens (primary N) is 1. The lowest BCUT2D eigenvalue weighted by Gasteiger charge is -2.35. The van der Waals surface area contributed by atoms with Gasteiger partial charge in [-0.2, -0.15) is 17.0 Å². The second-order valence-corrected chi connectivity index (χ2v) is 7.33. The van der Waals surface area contributed by atoms with Crippen molar-refractivity contribution in [3.63, 3.8) is 0 Å². The van der Waals surface area contributed by atoms with Crippen LogP contribution in [0.3, 0.4) is 0 Å². The van der Waals surface area contributed by atoms with Crippen molar-refractivity contribution in [3.8, 4) is 0 Å². The van der Waals surface area contributed by atoms with Crippen molar-refractivity contribution in [2.75, 3.05) is 26.2 Å². The van der Waals surface area contributed by atoms with Crippen molar-refractivity contribution in [2.45, 2.75) is 45.1 Å². The van der Waals surface area contributed by atoms with Crippen LogP contribution in [-0.4, -0.2) is 49.2 Å². The average molecular weight is 275 g/mol. The molecule has 2 N–H and O–H groups in total. The fraction of sp³-hybridized carbons (Fsp3) is 1.00. The van der Waals surface area contributed by atoms with Crippen molar-refractivity contribution in [2.24, 2.45) is 11.7 Å². The molecule has 2 rings (SSSR count). The maximum absolute atomic E-state index is 12.6. The third-order valence-electron chi connectivity index (χ3n) is 3.84. The maximum Gasteiger partial charge on any atom is 0.282 e. The van der Waals surface area contributed by atoms with E-state index in [1.807, 2.05) is 6.92 Å². The van der Waals surface area contributed by atoms with Crippen LogP contribution in [0.2, 0.25) is 0 Å². The Morgan fingerprint density at radius 3 is 2.61 bits per heavy atom. The van der Waals surface area contributed by atoms with Gasteiger partial charge in [0.2, 0.25) is 0 Å². The lowest BCUT2D eigenvalue weighted by Crippen LogP contribution is -2.49. The van der Waals surface area contributed by atoms with E-state index in [0.717, 1.165) is 32.1 Å². The molecule has 1 saturated heterocycles. The Kier molecular flexibility index (Phi) is 4.64. The van der Waals surface area contributed by atoms with Gasteiger partial charge in [0, 0.05) is 25.7 Å². The van der Waals surface area contributed by atoms with E-state index < -0.39 is 10.2 Å². The van der Waals surface area contributed by atoms with Crippen LogP contribution in [0.1, 0.15) is 39.0 Å². The molecular formula is C12H25N3O2S. The molecule has 6 heteroatoms. The highest BCUT2D eigenvalue weighted by Gasteiger charge is 2.40. The van der Waals surface area contributed by atoms with E-state index in [-0.39, 0.29) is 6.04 Å². The molecular weight excluding hydrogens is 250 g/mol. The number of nitrogens with zero attached hydrogens (tertiary/aromatic N) is 2. The van der Waals surface area contributed by atoms with Crippen LogP contribution in [0.15, 0.2) is 0 Å². The van der Waals surface area contributed by atoms with Gasteiger partial charge in [-0.05, 0) is 44.6 Å². The molecule has 0 amide bonds. The summed E-state index contributed by atoms with van der Waals surface area (Å²) < 4.78 is 28.6. The zero-order valence-corrected chi connectivity index (χ0v) is 12.0. The molecule has 1 atom stereocenters. The van der Waals surface area contributed by atoms with E-state index in [0.29, 0.717) is 32.1 Å². The van der Waals surface area contributed by atoms with Gasteiger partial charge in [0.25, 0.3) is 10.2 Å². The molecule has 2 aliphatic rings. The van der Waals surface area contributed by atoms with Crippen LogP contribution in [0.5, 0.6) is 0 Å². The van der Waals surface area contributed by atoms with Gasteiger partial charge in [-0.25, -0.2) is 0 Å². The van der Waals surface area contributed by atoms with Gasteiger partial charge in [0.05, 0.1) is 0 Å². The van der Waals surface area contributed by atoms with Crippen molar-refractivity contribution in [1.29, 1.82) is 0 Å². The van der Waals surface area contributed by atoms with Crippen LogP contribution in [0, 0.1) is 5.92 Å². The first kappa shape index (κ1) is 14.2. The molecule has 0 aromatic rings. The summed E-state index contributed by atoms with van der Waals surface area (Å²) in [5, 5.41) is 0. The van der Waals surface area contributed by atoms with E-state index in [2.05, 4.69) is 0 Å². The molecule has 0 aromatic carbocycles. The molecule has 1 heterocycles. The molecule has 18 heavy (non-hydrogen) atoms. The lowest BCUT2D eigenvalue weighted by atomic mass is 10.0. The molecule has 1 saturated carbocycles. The SMILES string of the molecule is CCCN(C1CC1)S(=O)(=O)N1CCCC(CN)C1. The van der Waals surface area contributed by atoms with Gasteiger partial charge in [-0.3, -0.25) is 0 Å². The average Bonchev–Trinajstić information content (AvgIpc) is 3.20. The number of rotatable bonds is 6. The standard InChI is InChI=1S/C12H25N3O2S/c1-2-7-15(12-5-6-12)18(16,17)14-8-3-4-11(9-13)10-14/h11-12H,2-10,13H2,1H3. The van der Waals surface area contributed by atoms with Crippen LogP contribution in [0.4, 0.5) is 0 Å². The van der Waals surface area contributed by atoms with Crippen LogP contribution >= 0.6 is 0 Å². The summed E-state index contributed by atoms with van der Waals surface area (Å²) in [6.45, 7) is 4.53. The van der Waals surface area contributed by atoms with Crippen molar-refractivity contribution < 1.29 is 8.42 Å². The van der Waals surface area contributed by atoms with Gasteiger partial charge in [-0.15, -0.1) is 0 Å². The molecule has 2 fully saturated rings. The summed E-state index contributed by atoms with van der Waals surface area (Å²) in [7, 11) is -3.25. The summed E-state index contributed by atoms with van der Waals surface area (Å²) in [6, 6.07) is 0.258. The van der Waals surface area contributed by atoms with Crippen LogP contribution < -0.4 is 5.73 Å². The molecule has 5 nitrogen and oxygen atoms in total. The third-order valence-corrected chi connectivity index (χ3v) is 5.89. The maximum atomic E-state index is 12.6. The largest absolute Gasteiger partial charge is 0.330 e. The summed E-state index contributed by atoms with van der Waals surface area (Å²) >= 11 is 0. The van der Waals surface area contributed by atoms with Crippen molar-refractivity contribution in [1.82, 2.24) is 8.61 Å². The van der Waals surface area contributed by atoms with Gasteiger partial charge in [-0.1, -0.05) is 6.92 Å². The van der Waals surface area contributed by atoms with E-state index in [1.165, 1.54) is 0 Å². The number of hydrogen-bond donors (Lipinski definition) is 1. The first-order chi connectivity index (χ1) is 8.59. The van der Waals surface area contributed by atoms with Crippen LogP contribution in [0.25, 0.3) is 0 Å². The molecule has 0 bridgehead atoms. The van der Waals surface area contributed by atoms with Crippen molar-refractivity contribution in [3.05, 3.63) is 0 Å². The summed E-state index contributed by atoms with van der Waals surface area (Å²) in [5.74, 6) is 0.330. The van der Waals surface area contributed by atoms with Crippen molar-refractivity contribution >= 4 is 10.2 Å². The van der Waals surface area contributed by atoms with Gasteiger partial charge >= 0.3 is 0 Å². The zero-order valence-electron chi connectivity index (χ0n) is 11.2. The highest BCUT2D eigenvalue weighted by atomic mass is 32.2. The molecule has 0 radical (unpaired) electrons. The minimum atomic E-state index is -3.25. The molecule has 1 unspecified atom stereocenters. The van der Waals surface area contributed by atoms with Crippen LogP contribution in [-0.2, 0) is 10.2 Å². The minimum absolute atomic E-state index is 0.258. The number of hydrogen-bond acceptors (Lipinski definition) is 3. The zero-order chi connectivity index (χ0) is 13.2. The fourth-order valence-electron chi connectivity index (χ4n) is 2.65. The highest BCUT2D eigenvalue weighted by Crippen LogP contribution is 2.32. The fourth-order valence-corrected chi connectivity index (χ4v) is 4.70. The third kappa shape index (κ3) is 3.04. The first-order valence-corrected chi connectivity index (χ1v) is 8.46. The summed E-state index contributed by atoms with van der Waals surface area (Å²) in [5.41, 5.74) is 5.68. The normalized spacial score (nSPS) is 26.7. The lowest BCUT2D eigenvalue weighted by molar-refractivity contribution is 0.248. The quantitative estimate of drug-likeness (QED) is 0.779. The summed E-state index contributed by atoms with van der Waals surface area (Å²) in [4.78, 5) is 0. The second-order valence-electron chi connectivity index (χ2n) is 5.45. The molecule has 106 valence electrons. The Hall–Kier alpha value is -0.170. The predicted molar refractivity (Wildman–Crippen MR) is 72.3 cm³/mol. The Bertz CT molecular complexity index is 368. The monoisotopic (exact) mass is 275 g/mol. The molecule has 0 spiro atoms. The Balaban J connectivity index is 2.08. The molecule has 1 aliphatic heterocycles. The number of piperidine rings is 1. The molecule has 1 aliphatic carbocycles.